The second-order valence-electron chi connectivity index (χ2n) is 4.83. The van der Waals surface area contributed by atoms with Crippen LogP contribution in [0.5, 0.6) is 0 Å². The maximum absolute atomic E-state index is 12.8. The summed E-state index contributed by atoms with van der Waals surface area (Å²) in [6.07, 6.45) is 0. The van der Waals surface area contributed by atoms with Crippen molar-refractivity contribution in [2.45, 2.75) is 6.54 Å². The fourth-order valence-corrected chi connectivity index (χ4v) is 2.33. The van der Waals surface area contributed by atoms with Gasteiger partial charge in [0.2, 0.25) is 0 Å². The number of hydrogen-bond acceptors (Lipinski definition) is 1. The number of fused-ring (bicyclic) bond motifs is 1. The predicted octanol–water partition coefficient (Wildman–Crippen LogP) is 3.91. The highest BCUT2D eigenvalue weighted by molar-refractivity contribution is 5.94. The topological polar surface area (TPSA) is 29.1 Å². The van der Waals surface area contributed by atoms with Crippen LogP contribution in [-0.4, -0.2) is 5.91 Å². The van der Waals surface area contributed by atoms with E-state index in [0.29, 0.717) is 12.1 Å². The average Bonchev–Trinajstić information content (AvgIpc) is 2.53. The van der Waals surface area contributed by atoms with E-state index in [4.69, 9.17) is 0 Å². The Morgan fingerprint density at radius 3 is 2.43 bits per heavy atom. The van der Waals surface area contributed by atoms with E-state index < -0.39 is 0 Å². The molecule has 3 heteroatoms. The molecule has 0 aromatic heterocycles. The minimum atomic E-state index is -0.347. The molecular weight excluding hydrogens is 265 g/mol. The van der Waals surface area contributed by atoms with E-state index in [-0.39, 0.29) is 11.7 Å². The highest BCUT2D eigenvalue weighted by Gasteiger charge is 2.06. The Bertz CT molecular complexity index is 775. The molecule has 3 aromatic carbocycles. The Morgan fingerprint density at radius 2 is 1.62 bits per heavy atom. The summed E-state index contributed by atoms with van der Waals surface area (Å²) in [6, 6.07) is 19.6. The number of benzene rings is 3. The Balaban J connectivity index is 1.77. The Labute approximate surface area is 122 Å². The van der Waals surface area contributed by atoms with Gasteiger partial charge in [-0.2, -0.15) is 0 Å². The van der Waals surface area contributed by atoms with E-state index >= 15 is 0 Å². The Morgan fingerprint density at radius 1 is 0.905 bits per heavy atom. The second kappa shape index (κ2) is 5.75. The van der Waals surface area contributed by atoms with Gasteiger partial charge in [0.15, 0.2) is 0 Å². The van der Waals surface area contributed by atoms with Gasteiger partial charge < -0.3 is 5.32 Å². The first-order valence-corrected chi connectivity index (χ1v) is 6.74. The number of nitrogens with one attached hydrogen (secondary N) is 1. The van der Waals surface area contributed by atoms with Crippen molar-refractivity contribution >= 4 is 16.7 Å². The van der Waals surface area contributed by atoms with Crippen molar-refractivity contribution in [1.29, 1.82) is 0 Å². The van der Waals surface area contributed by atoms with Crippen molar-refractivity contribution in [1.82, 2.24) is 5.32 Å². The van der Waals surface area contributed by atoms with Crippen molar-refractivity contribution in [3.8, 4) is 0 Å². The van der Waals surface area contributed by atoms with Gasteiger partial charge in [-0.25, -0.2) is 4.39 Å². The van der Waals surface area contributed by atoms with Gasteiger partial charge in [0.1, 0.15) is 5.82 Å². The molecule has 2 nitrogen and oxygen atoms in total. The largest absolute Gasteiger partial charge is 0.348 e. The van der Waals surface area contributed by atoms with Gasteiger partial charge in [0.25, 0.3) is 5.91 Å². The quantitative estimate of drug-likeness (QED) is 0.773. The van der Waals surface area contributed by atoms with E-state index in [9.17, 15) is 9.18 Å². The molecule has 1 amide bonds. The van der Waals surface area contributed by atoms with Crippen LogP contribution < -0.4 is 5.32 Å². The van der Waals surface area contributed by atoms with Crippen LogP contribution in [0, 0.1) is 5.82 Å². The zero-order valence-corrected chi connectivity index (χ0v) is 11.3. The lowest BCUT2D eigenvalue weighted by molar-refractivity contribution is 0.0951. The summed E-state index contributed by atoms with van der Waals surface area (Å²) in [5.41, 5.74) is 1.51. The zero-order chi connectivity index (χ0) is 14.7. The summed E-state index contributed by atoms with van der Waals surface area (Å²) in [4.78, 5) is 12.0. The number of halogens is 1. The van der Waals surface area contributed by atoms with Crippen LogP contribution in [0.25, 0.3) is 10.8 Å². The monoisotopic (exact) mass is 279 g/mol. The lowest BCUT2D eigenvalue weighted by Gasteiger charge is -2.08. The van der Waals surface area contributed by atoms with Crippen molar-refractivity contribution < 1.29 is 9.18 Å². The third-order valence-corrected chi connectivity index (χ3v) is 3.43. The van der Waals surface area contributed by atoms with Crippen LogP contribution >= 0.6 is 0 Å². The molecule has 3 rings (SSSR count). The van der Waals surface area contributed by atoms with E-state index in [1.165, 1.54) is 24.3 Å². The van der Waals surface area contributed by atoms with Gasteiger partial charge in [0, 0.05) is 12.1 Å². The van der Waals surface area contributed by atoms with E-state index in [2.05, 4.69) is 5.32 Å². The summed E-state index contributed by atoms with van der Waals surface area (Å²) in [7, 11) is 0. The number of hydrogen-bond donors (Lipinski definition) is 1. The van der Waals surface area contributed by atoms with E-state index in [1.807, 2.05) is 42.5 Å². The van der Waals surface area contributed by atoms with Gasteiger partial charge in [-0.3, -0.25) is 4.79 Å². The molecule has 0 fully saturated rings. The molecule has 0 saturated heterocycles. The highest BCUT2D eigenvalue weighted by Crippen LogP contribution is 2.18. The molecule has 104 valence electrons. The van der Waals surface area contributed by atoms with Crippen LogP contribution in [0.4, 0.5) is 4.39 Å². The standard InChI is InChI=1S/C18H14FNO/c19-16-10-8-14(9-11-16)18(21)20-12-15-6-3-5-13-4-1-2-7-17(13)15/h1-11H,12H2,(H,20,21). The zero-order valence-electron chi connectivity index (χ0n) is 11.3. The second-order valence-corrected chi connectivity index (χ2v) is 4.83. The minimum absolute atomic E-state index is 0.206. The average molecular weight is 279 g/mol. The van der Waals surface area contributed by atoms with Crippen molar-refractivity contribution in [2.75, 3.05) is 0 Å². The molecule has 0 radical (unpaired) electrons. The van der Waals surface area contributed by atoms with Crippen LogP contribution in [0.1, 0.15) is 15.9 Å². The fourth-order valence-electron chi connectivity index (χ4n) is 2.33. The van der Waals surface area contributed by atoms with Gasteiger partial charge in [-0.15, -0.1) is 0 Å². The lowest BCUT2D eigenvalue weighted by Crippen LogP contribution is -2.22. The third-order valence-electron chi connectivity index (χ3n) is 3.43. The van der Waals surface area contributed by atoms with Crippen LogP contribution in [0.15, 0.2) is 66.7 Å². The van der Waals surface area contributed by atoms with E-state index in [1.54, 1.807) is 0 Å². The summed E-state index contributed by atoms with van der Waals surface area (Å²) >= 11 is 0. The number of carbonyl (C=O) groups excluding carboxylic acids is 1. The number of amides is 1. The molecule has 0 atom stereocenters. The maximum atomic E-state index is 12.8. The normalized spacial score (nSPS) is 10.5. The molecule has 0 aliphatic rings. The van der Waals surface area contributed by atoms with Crippen molar-refractivity contribution in [3.05, 3.63) is 83.7 Å². The molecule has 0 unspecified atom stereocenters. The number of carbonyl (C=O) groups is 1. The summed E-state index contributed by atoms with van der Waals surface area (Å²) in [5.74, 6) is -0.552. The molecule has 0 spiro atoms. The first-order valence-electron chi connectivity index (χ1n) is 6.74. The minimum Gasteiger partial charge on any atom is -0.348 e. The molecular formula is C18H14FNO. The first-order chi connectivity index (χ1) is 10.2. The smallest absolute Gasteiger partial charge is 0.251 e. The van der Waals surface area contributed by atoms with Crippen LogP contribution in [0.2, 0.25) is 0 Å². The van der Waals surface area contributed by atoms with Crippen molar-refractivity contribution in [2.24, 2.45) is 0 Å². The Kier molecular flexibility index (Phi) is 3.65. The van der Waals surface area contributed by atoms with Crippen LogP contribution in [-0.2, 0) is 6.54 Å². The lowest BCUT2D eigenvalue weighted by atomic mass is 10.0. The fraction of sp³-hybridized carbons (Fsp3) is 0.0556. The molecule has 3 aromatic rings. The van der Waals surface area contributed by atoms with Crippen molar-refractivity contribution in [3.63, 3.8) is 0 Å². The molecule has 0 saturated carbocycles. The summed E-state index contributed by atoms with van der Waals surface area (Å²) < 4.78 is 12.8. The molecule has 0 heterocycles. The number of rotatable bonds is 3. The molecule has 0 aliphatic heterocycles. The molecule has 0 bridgehead atoms. The van der Waals surface area contributed by atoms with Gasteiger partial charge >= 0.3 is 0 Å². The predicted molar refractivity (Wildman–Crippen MR) is 81.5 cm³/mol. The summed E-state index contributed by atoms with van der Waals surface area (Å²) in [5, 5.41) is 5.13. The van der Waals surface area contributed by atoms with Gasteiger partial charge in [-0.1, -0.05) is 42.5 Å². The van der Waals surface area contributed by atoms with E-state index in [0.717, 1.165) is 16.3 Å². The summed E-state index contributed by atoms with van der Waals surface area (Å²) in [6.45, 7) is 0.442. The first kappa shape index (κ1) is 13.3. The third kappa shape index (κ3) is 2.92. The van der Waals surface area contributed by atoms with Crippen LogP contribution in [0.3, 0.4) is 0 Å². The molecule has 1 N–H and O–H groups in total. The molecule has 0 aliphatic carbocycles. The SMILES string of the molecule is O=C(NCc1cccc2ccccc12)c1ccc(F)cc1. The van der Waals surface area contributed by atoms with Gasteiger partial charge in [-0.05, 0) is 40.6 Å². The Hall–Kier alpha value is -2.68. The van der Waals surface area contributed by atoms with Gasteiger partial charge in [0.05, 0.1) is 0 Å². The highest BCUT2D eigenvalue weighted by atomic mass is 19.1. The molecule has 21 heavy (non-hydrogen) atoms. The maximum Gasteiger partial charge on any atom is 0.251 e.